The van der Waals surface area contributed by atoms with Gasteiger partial charge in [-0.1, -0.05) is 34.6 Å². The fourth-order valence-corrected chi connectivity index (χ4v) is 3.14. The van der Waals surface area contributed by atoms with Gasteiger partial charge in [0.2, 0.25) is 0 Å². The number of nitrogens with zero attached hydrogens (tertiary/aromatic N) is 1. The van der Waals surface area contributed by atoms with Crippen molar-refractivity contribution in [2.45, 2.75) is 66.8 Å². The van der Waals surface area contributed by atoms with E-state index in [2.05, 4.69) is 51.8 Å². The van der Waals surface area contributed by atoms with Gasteiger partial charge in [-0.25, -0.2) is 0 Å². The lowest BCUT2D eigenvalue weighted by molar-refractivity contribution is 0.186. The first-order chi connectivity index (χ1) is 8.80. The SMILES string of the molecule is CC(C)CNCC(C)N1CCCC(C(C)(C)C)CC1. The second-order valence-corrected chi connectivity index (χ2v) is 7.93. The van der Waals surface area contributed by atoms with Crippen LogP contribution in [0.2, 0.25) is 0 Å². The highest BCUT2D eigenvalue weighted by molar-refractivity contribution is 4.81. The van der Waals surface area contributed by atoms with Crippen molar-refractivity contribution in [2.24, 2.45) is 17.3 Å². The van der Waals surface area contributed by atoms with Gasteiger partial charge in [0.25, 0.3) is 0 Å². The van der Waals surface area contributed by atoms with Crippen molar-refractivity contribution in [3.05, 3.63) is 0 Å². The van der Waals surface area contributed by atoms with Crippen LogP contribution in [0.3, 0.4) is 0 Å². The molecule has 1 aliphatic heterocycles. The average molecular weight is 268 g/mol. The van der Waals surface area contributed by atoms with Crippen LogP contribution in [-0.2, 0) is 0 Å². The number of likely N-dealkylation sites (tertiary alicyclic amines) is 1. The molecule has 1 saturated heterocycles. The van der Waals surface area contributed by atoms with Gasteiger partial charge in [-0.15, -0.1) is 0 Å². The van der Waals surface area contributed by atoms with E-state index in [-0.39, 0.29) is 0 Å². The topological polar surface area (TPSA) is 15.3 Å². The standard InChI is InChI=1S/C17H36N2/c1-14(2)12-18-13-15(3)19-10-7-8-16(9-11-19)17(4,5)6/h14-16,18H,7-13H2,1-6H3. The molecule has 2 heteroatoms. The maximum atomic E-state index is 3.60. The van der Waals surface area contributed by atoms with Gasteiger partial charge in [0.15, 0.2) is 0 Å². The summed E-state index contributed by atoms with van der Waals surface area (Å²) in [6.45, 7) is 19.0. The number of hydrogen-bond donors (Lipinski definition) is 1. The van der Waals surface area contributed by atoms with E-state index < -0.39 is 0 Å². The van der Waals surface area contributed by atoms with Crippen molar-refractivity contribution in [1.29, 1.82) is 0 Å². The molecule has 0 aromatic rings. The quantitative estimate of drug-likeness (QED) is 0.816. The number of rotatable bonds is 5. The third kappa shape index (κ3) is 6.27. The zero-order valence-corrected chi connectivity index (χ0v) is 14.1. The Hall–Kier alpha value is -0.0800. The Morgan fingerprint density at radius 3 is 2.32 bits per heavy atom. The molecule has 0 radical (unpaired) electrons. The lowest BCUT2D eigenvalue weighted by atomic mass is 9.77. The van der Waals surface area contributed by atoms with E-state index in [9.17, 15) is 0 Å². The third-order valence-electron chi connectivity index (χ3n) is 4.60. The molecule has 19 heavy (non-hydrogen) atoms. The van der Waals surface area contributed by atoms with Crippen molar-refractivity contribution in [2.75, 3.05) is 26.2 Å². The molecule has 0 aromatic heterocycles. The largest absolute Gasteiger partial charge is 0.315 e. The van der Waals surface area contributed by atoms with Gasteiger partial charge >= 0.3 is 0 Å². The number of nitrogens with one attached hydrogen (secondary N) is 1. The minimum absolute atomic E-state index is 0.481. The summed E-state index contributed by atoms with van der Waals surface area (Å²) in [5, 5.41) is 3.60. The fourth-order valence-electron chi connectivity index (χ4n) is 3.14. The molecule has 2 unspecified atom stereocenters. The first kappa shape index (κ1) is 17.0. The Labute approximate surface area is 121 Å². The van der Waals surface area contributed by atoms with Crippen LogP contribution in [0.4, 0.5) is 0 Å². The van der Waals surface area contributed by atoms with Crippen LogP contribution in [-0.4, -0.2) is 37.1 Å². The first-order valence-corrected chi connectivity index (χ1v) is 8.25. The molecule has 1 fully saturated rings. The van der Waals surface area contributed by atoms with Crippen LogP contribution in [0.5, 0.6) is 0 Å². The Morgan fingerprint density at radius 2 is 1.74 bits per heavy atom. The molecule has 1 rings (SSSR count). The Morgan fingerprint density at radius 1 is 1.05 bits per heavy atom. The van der Waals surface area contributed by atoms with Gasteiger partial charge in [-0.3, -0.25) is 4.90 Å². The summed E-state index contributed by atoms with van der Waals surface area (Å²) in [7, 11) is 0. The molecule has 1 N–H and O–H groups in total. The summed E-state index contributed by atoms with van der Waals surface area (Å²) < 4.78 is 0. The molecule has 0 bridgehead atoms. The van der Waals surface area contributed by atoms with E-state index in [4.69, 9.17) is 0 Å². The van der Waals surface area contributed by atoms with Crippen molar-refractivity contribution in [1.82, 2.24) is 10.2 Å². The van der Waals surface area contributed by atoms with Gasteiger partial charge < -0.3 is 5.32 Å². The minimum Gasteiger partial charge on any atom is -0.315 e. The summed E-state index contributed by atoms with van der Waals surface area (Å²) in [5.74, 6) is 1.65. The Kier molecular flexibility index (Phi) is 6.82. The summed E-state index contributed by atoms with van der Waals surface area (Å²) in [4.78, 5) is 2.69. The molecule has 1 aliphatic rings. The highest BCUT2D eigenvalue weighted by Crippen LogP contribution is 2.34. The van der Waals surface area contributed by atoms with Gasteiger partial charge in [-0.2, -0.15) is 0 Å². The first-order valence-electron chi connectivity index (χ1n) is 8.25. The molecule has 1 heterocycles. The highest BCUT2D eigenvalue weighted by Gasteiger charge is 2.28. The highest BCUT2D eigenvalue weighted by atomic mass is 15.2. The van der Waals surface area contributed by atoms with Crippen LogP contribution in [0.15, 0.2) is 0 Å². The molecule has 0 aliphatic carbocycles. The fraction of sp³-hybridized carbons (Fsp3) is 1.00. The number of hydrogen-bond acceptors (Lipinski definition) is 2. The lowest BCUT2D eigenvalue weighted by Crippen LogP contribution is -2.41. The molecule has 0 aromatic carbocycles. The predicted octanol–water partition coefficient (Wildman–Crippen LogP) is 3.77. The van der Waals surface area contributed by atoms with Crippen LogP contribution in [0, 0.1) is 17.3 Å². The molecule has 0 saturated carbocycles. The molecular weight excluding hydrogens is 232 g/mol. The van der Waals surface area contributed by atoms with Gasteiger partial charge in [0.05, 0.1) is 0 Å². The van der Waals surface area contributed by atoms with Gasteiger partial charge in [-0.05, 0) is 63.1 Å². The van der Waals surface area contributed by atoms with Crippen molar-refractivity contribution in [3.63, 3.8) is 0 Å². The Bertz CT molecular complexity index is 242. The van der Waals surface area contributed by atoms with Crippen molar-refractivity contribution >= 4 is 0 Å². The van der Waals surface area contributed by atoms with Crippen LogP contribution >= 0.6 is 0 Å². The molecule has 2 atom stereocenters. The molecule has 114 valence electrons. The van der Waals surface area contributed by atoms with Crippen molar-refractivity contribution < 1.29 is 0 Å². The maximum absolute atomic E-state index is 3.60. The van der Waals surface area contributed by atoms with E-state index in [1.54, 1.807) is 0 Å². The van der Waals surface area contributed by atoms with Crippen LogP contribution in [0.25, 0.3) is 0 Å². The van der Waals surface area contributed by atoms with Gasteiger partial charge in [0.1, 0.15) is 0 Å². The molecule has 2 nitrogen and oxygen atoms in total. The predicted molar refractivity (Wildman–Crippen MR) is 85.5 cm³/mol. The van der Waals surface area contributed by atoms with E-state index in [0.717, 1.165) is 24.9 Å². The minimum atomic E-state index is 0.481. The average Bonchev–Trinajstić information content (AvgIpc) is 2.52. The Balaban J connectivity index is 2.35. The molecule has 0 spiro atoms. The summed E-state index contributed by atoms with van der Waals surface area (Å²) in [6, 6.07) is 0.678. The van der Waals surface area contributed by atoms with Crippen LogP contribution < -0.4 is 5.32 Å². The van der Waals surface area contributed by atoms with E-state index in [1.165, 1.54) is 32.4 Å². The third-order valence-corrected chi connectivity index (χ3v) is 4.60. The zero-order valence-electron chi connectivity index (χ0n) is 14.1. The monoisotopic (exact) mass is 268 g/mol. The van der Waals surface area contributed by atoms with E-state index in [0.29, 0.717) is 11.5 Å². The summed E-state index contributed by atoms with van der Waals surface area (Å²) >= 11 is 0. The van der Waals surface area contributed by atoms with E-state index >= 15 is 0 Å². The van der Waals surface area contributed by atoms with Crippen molar-refractivity contribution in [3.8, 4) is 0 Å². The molecule has 0 amide bonds. The smallest absolute Gasteiger partial charge is 0.0192 e. The summed E-state index contributed by atoms with van der Waals surface area (Å²) in [6.07, 6.45) is 4.15. The maximum Gasteiger partial charge on any atom is 0.0192 e. The van der Waals surface area contributed by atoms with Crippen LogP contribution in [0.1, 0.15) is 60.8 Å². The second kappa shape index (κ2) is 7.64. The lowest BCUT2D eigenvalue weighted by Gasteiger charge is -2.31. The normalized spacial score (nSPS) is 24.5. The second-order valence-electron chi connectivity index (χ2n) is 7.93. The zero-order chi connectivity index (χ0) is 14.5. The van der Waals surface area contributed by atoms with Gasteiger partial charge in [0, 0.05) is 12.6 Å². The summed E-state index contributed by atoms with van der Waals surface area (Å²) in [5.41, 5.74) is 0.481. The van der Waals surface area contributed by atoms with E-state index in [1.807, 2.05) is 0 Å². The molecular formula is C17H36N2.